The summed E-state index contributed by atoms with van der Waals surface area (Å²) in [5.74, 6) is 0.160. The second-order valence-electron chi connectivity index (χ2n) is 9.07. The predicted octanol–water partition coefficient (Wildman–Crippen LogP) is 4.61. The maximum Gasteiger partial charge on any atom is 0.327 e. The molecule has 1 amide bonds. The Balaban J connectivity index is 1.70. The number of nitrogens with one attached hydrogen (secondary N) is 4. The Morgan fingerprint density at radius 1 is 1.03 bits per heavy atom. The summed E-state index contributed by atoms with van der Waals surface area (Å²) in [5.41, 5.74) is 1.62. The fraction of sp³-hybridized carbons (Fsp3) is 0.333. The number of nitrogens with zero attached hydrogens (tertiary/aromatic N) is 1. The number of anilines is 1. The molecule has 9 heteroatoms. The van der Waals surface area contributed by atoms with Gasteiger partial charge in [0.25, 0.3) is 5.56 Å². The fourth-order valence-corrected chi connectivity index (χ4v) is 4.83. The average Bonchev–Trinajstić information content (AvgIpc) is 3.25. The molecule has 0 aliphatic rings. The smallest absolute Gasteiger partial charge is 0.327 e. The van der Waals surface area contributed by atoms with Crippen LogP contribution in [0.3, 0.4) is 0 Å². The molecule has 2 heterocycles. The molecule has 4 aromatic rings. The van der Waals surface area contributed by atoms with Crippen LogP contribution < -0.4 is 16.6 Å². The van der Waals surface area contributed by atoms with Gasteiger partial charge in [-0.2, -0.15) is 0 Å². The lowest BCUT2D eigenvalue weighted by atomic mass is 9.79. The normalized spacial score (nSPS) is 13.0. The highest BCUT2D eigenvalue weighted by molar-refractivity contribution is 5.88. The van der Waals surface area contributed by atoms with Crippen molar-refractivity contribution in [3.63, 3.8) is 0 Å². The van der Waals surface area contributed by atoms with E-state index in [4.69, 9.17) is 0 Å². The molecule has 188 valence electrons. The number of aromatic nitrogens is 4. The van der Waals surface area contributed by atoms with Crippen molar-refractivity contribution in [2.24, 2.45) is 5.92 Å². The van der Waals surface area contributed by atoms with Gasteiger partial charge in [-0.25, -0.2) is 14.2 Å². The van der Waals surface area contributed by atoms with Crippen LogP contribution in [-0.4, -0.2) is 25.8 Å². The first kappa shape index (κ1) is 25.1. The van der Waals surface area contributed by atoms with Crippen molar-refractivity contribution in [3.8, 4) is 0 Å². The van der Waals surface area contributed by atoms with E-state index in [0.717, 1.165) is 31.2 Å². The molecule has 2 aromatic heterocycles. The van der Waals surface area contributed by atoms with E-state index in [1.54, 1.807) is 6.07 Å². The van der Waals surface area contributed by atoms with Gasteiger partial charge in [-0.05, 0) is 60.9 Å². The average molecular weight is 492 g/mol. The first-order valence-electron chi connectivity index (χ1n) is 12.2. The van der Waals surface area contributed by atoms with E-state index < -0.39 is 11.2 Å². The number of halogens is 1. The molecule has 0 spiro atoms. The van der Waals surface area contributed by atoms with Gasteiger partial charge in [0.05, 0.1) is 0 Å². The molecule has 2 atom stereocenters. The van der Waals surface area contributed by atoms with E-state index in [2.05, 4.69) is 32.2 Å². The third kappa shape index (κ3) is 5.79. The number of rotatable bonds is 10. The Morgan fingerprint density at radius 2 is 1.78 bits per heavy atom. The number of carbonyl (C=O) groups excluding carboxylic acids is 1. The molecule has 36 heavy (non-hydrogen) atoms. The molecule has 4 rings (SSSR count). The first-order chi connectivity index (χ1) is 17.4. The number of carbonyl (C=O) groups is 1. The van der Waals surface area contributed by atoms with Crippen molar-refractivity contribution in [2.45, 2.75) is 51.9 Å². The number of aromatic amines is 3. The maximum atomic E-state index is 14.2. The minimum absolute atomic E-state index is 0.139. The Morgan fingerprint density at radius 3 is 2.47 bits per heavy atom. The maximum absolute atomic E-state index is 14.2. The Kier molecular flexibility index (Phi) is 7.77. The highest BCUT2D eigenvalue weighted by atomic mass is 19.1. The molecular formula is C27H30FN5O3. The minimum Gasteiger partial charge on any atom is -0.336 e. The summed E-state index contributed by atoms with van der Waals surface area (Å²) in [7, 11) is 0. The molecule has 2 aromatic carbocycles. The molecule has 8 nitrogen and oxygen atoms in total. The van der Waals surface area contributed by atoms with Crippen LogP contribution in [0.15, 0.2) is 58.1 Å². The van der Waals surface area contributed by atoms with Crippen molar-refractivity contribution >= 4 is 22.8 Å². The first-order valence-corrected chi connectivity index (χ1v) is 12.2. The summed E-state index contributed by atoms with van der Waals surface area (Å²) in [6.45, 7) is 3.57. The summed E-state index contributed by atoms with van der Waals surface area (Å²) in [6, 6.07) is 14.4. The summed E-state index contributed by atoms with van der Waals surface area (Å²) in [4.78, 5) is 48.2. The standard InChI is InChI=1S/C27H30FN5O3/c1-3-7-18(10-6-9-17-8-4-5-11-21(17)28)22(19-12-14-20(15-13-19)29-16(2)34)24-30-23-25(31-24)32-27(36)33-26(23)35/h4-5,8,11-15,18,22H,3,6-7,9-10H2,1-2H3,(H,29,34)(H3,30,31,32,33,35,36). The Hall–Kier alpha value is -4.01. The minimum atomic E-state index is -0.614. The van der Waals surface area contributed by atoms with Crippen molar-refractivity contribution < 1.29 is 9.18 Å². The molecule has 0 saturated heterocycles. The molecule has 0 aliphatic carbocycles. The SMILES string of the molecule is CCCC(CCCc1ccccc1F)C(c1ccc(NC(C)=O)cc1)c1nc2[nH]c(=O)[nH]c(=O)c2[nH]1. The second kappa shape index (κ2) is 11.2. The third-order valence-electron chi connectivity index (χ3n) is 6.40. The lowest BCUT2D eigenvalue weighted by molar-refractivity contribution is -0.114. The van der Waals surface area contributed by atoms with Gasteiger partial charge in [0.2, 0.25) is 5.91 Å². The Bertz CT molecular complexity index is 1450. The number of imidazole rings is 1. The van der Waals surface area contributed by atoms with E-state index in [-0.39, 0.29) is 34.7 Å². The zero-order valence-electron chi connectivity index (χ0n) is 20.4. The van der Waals surface area contributed by atoms with Gasteiger partial charge in [-0.1, -0.05) is 43.7 Å². The third-order valence-corrected chi connectivity index (χ3v) is 6.40. The number of hydrogen-bond acceptors (Lipinski definition) is 4. The van der Waals surface area contributed by atoms with Gasteiger partial charge in [0, 0.05) is 18.5 Å². The highest BCUT2D eigenvalue weighted by Gasteiger charge is 2.28. The van der Waals surface area contributed by atoms with Crippen LogP contribution in [0.25, 0.3) is 11.2 Å². The molecule has 0 saturated carbocycles. The molecule has 4 N–H and O–H groups in total. The molecule has 0 radical (unpaired) electrons. The van der Waals surface area contributed by atoms with Crippen LogP contribution in [0, 0.1) is 11.7 Å². The zero-order valence-corrected chi connectivity index (χ0v) is 20.4. The second-order valence-corrected chi connectivity index (χ2v) is 9.07. The number of benzene rings is 2. The van der Waals surface area contributed by atoms with Gasteiger partial charge in [-0.3, -0.25) is 19.6 Å². The van der Waals surface area contributed by atoms with Crippen LogP contribution in [0.5, 0.6) is 0 Å². The summed E-state index contributed by atoms with van der Waals surface area (Å²) < 4.78 is 14.2. The van der Waals surface area contributed by atoms with E-state index in [9.17, 15) is 18.8 Å². The van der Waals surface area contributed by atoms with Crippen LogP contribution >= 0.6 is 0 Å². The topological polar surface area (TPSA) is 123 Å². The lowest BCUT2D eigenvalue weighted by Gasteiger charge is -2.26. The highest BCUT2D eigenvalue weighted by Crippen LogP contribution is 2.37. The van der Waals surface area contributed by atoms with Crippen molar-refractivity contribution in [1.29, 1.82) is 0 Å². The fourth-order valence-electron chi connectivity index (χ4n) is 4.83. The molecule has 2 unspecified atom stereocenters. The van der Waals surface area contributed by atoms with E-state index in [1.165, 1.54) is 13.0 Å². The van der Waals surface area contributed by atoms with Crippen molar-refractivity contribution in [2.75, 3.05) is 5.32 Å². The van der Waals surface area contributed by atoms with Crippen LogP contribution in [-0.2, 0) is 11.2 Å². The molecule has 0 bridgehead atoms. The van der Waals surface area contributed by atoms with Crippen molar-refractivity contribution in [3.05, 3.63) is 92.1 Å². The van der Waals surface area contributed by atoms with Crippen LogP contribution in [0.1, 0.15) is 62.4 Å². The molecule has 0 fully saturated rings. The van der Waals surface area contributed by atoms with Gasteiger partial charge in [-0.15, -0.1) is 0 Å². The summed E-state index contributed by atoms with van der Waals surface area (Å²) >= 11 is 0. The number of amides is 1. The van der Waals surface area contributed by atoms with E-state index >= 15 is 0 Å². The van der Waals surface area contributed by atoms with E-state index in [0.29, 0.717) is 23.5 Å². The van der Waals surface area contributed by atoms with Gasteiger partial charge >= 0.3 is 5.69 Å². The summed E-state index contributed by atoms with van der Waals surface area (Å²) in [5, 5.41) is 2.77. The van der Waals surface area contributed by atoms with Gasteiger partial charge < -0.3 is 10.3 Å². The van der Waals surface area contributed by atoms with Crippen LogP contribution in [0.2, 0.25) is 0 Å². The van der Waals surface area contributed by atoms with E-state index in [1.807, 2.05) is 36.4 Å². The van der Waals surface area contributed by atoms with Gasteiger partial charge in [0.15, 0.2) is 5.65 Å². The van der Waals surface area contributed by atoms with Crippen LogP contribution in [0.4, 0.5) is 10.1 Å². The lowest BCUT2D eigenvalue weighted by Crippen LogP contribution is -2.21. The number of H-pyrrole nitrogens is 3. The number of hydrogen-bond donors (Lipinski definition) is 4. The monoisotopic (exact) mass is 491 g/mol. The quantitative estimate of drug-likeness (QED) is 0.259. The van der Waals surface area contributed by atoms with Gasteiger partial charge in [0.1, 0.15) is 17.2 Å². The zero-order chi connectivity index (χ0) is 25.7. The number of aryl methyl sites for hydroxylation is 1. The predicted molar refractivity (Wildman–Crippen MR) is 138 cm³/mol. The Labute approximate surface area is 207 Å². The molecular weight excluding hydrogens is 461 g/mol. The number of fused-ring (bicyclic) bond motifs is 1. The van der Waals surface area contributed by atoms with Crippen molar-refractivity contribution in [1.82, 2.24) is 19.9 Å². The molecule has 0 aliphatic heterocycles. The largest absolute Gasteiger partial charge is 0.336 e. The summed E-state index contributed by atoms with van der Waals surface area (Å²) in [6.07, 6.45) is 4.03.